The standard InChI is InChI=1S/C12H15NO5/c1-8-5-4-6-10(12(8)13(15)16)18-9(2)7-11(14)17-3/h4-6,9H,7H2,1-3H3. The molecule has 0 heterocycles. The monoisotopic (exact) mass is 253 g/mol. The number of nitro benzene ring substituents is 1. The van der Waals surface area contributed by atoms with Crippen LogP contribution in [0.4, 0.5) is 5.69 Å². The van der Waals surface area contributed by atoms with Gasteiger partial charge in [0.25, 0.3) is 0 Å². The van der Waals surface area contributed by atoms with Gasteiger partial charge < -0.3 is 9.47 Å². The lowest BCUT2D eigenvalue weighted by atomic mass is 10.2. The maximum absolute atomic E-state index is 11.1. The van der Waals surface area contributed by atoms with Crippen LogP contribution in [0.15, 0.2) is 18.2 Å². The minimum atomic E-state index is -0.491. The van der Waals surface area contributed by atoms with Crippen molar-refractivity contribution in [2.45, 2.75) is 26.4 Å². The highest BCUT2D eigenvalue weighted by Crippen LogP contribution is 2.31. The number of ether oxygens (including phenoxy) is 2. The van der Waals surface area contributed by atoms with Gasteiger partial charge in [-0.05, 0) is 19.9 Å². The molecule has 0 aliphatic carbocycles. The Bertz CT molecular complexity index is 458. The van der Waals surface area contributed by atoms with E-state index in [2.05, 4.69) is 4.74 Å². The average Bonchev–Trinajstić information content (AvgIpc) is 2.28. The van der Waals surface area contributed by atoms with Gasteiger partial charge in [-0.3, -0.25) is 14.9 Å². The molecule has 1 unspecified atom stereocenters. The Balaban J connectivity index is 2.87. The van der Waals surface area contributed by atoms with E-state index in [-0.39, 0.29) is 17.9 Å². The molecule has 1 aromatic carbocycles. The fraction of sp³-hybridized carbons (Fsp3) is 0.417. The van der Waals surface area contributed by atoms with Crippen LogP contribution in [0.5, 0.6) is 5.75 Å². The Morgan fingerprint density at radius 1 is 1.50 bits per heavy atom. The first-order valence-electron chi connectivity index (χ1n) is 5.43. The topological polar surface area (TPSA) is 78.7 Å². The van der Waals surface area contributed by atoms with Gasteiger partial charge in [0.15, 0.2) is 5.75 Å². The zero-order chi connectivity index (χ0) is 13.7. The van der Waals surface area contributed by atoms with Crippen LogP contribution in [0.2, 0.25) is 0 Å². The number of methoxy groups -OCH3 is 1. The molecule has 6 heteroatoms. The molecule has 6 nitrogen and oxygen atoms in total. The Morgan fingerprint density at radius 2 is 2.17 bits per heavy atom. The van der Waals surface area contributed by atoms with Gasteiger partial charge in [0.2, 0.25) is 0 Å². The molecule has 0 aromatic heterocycles. The predicted octanol–water partition coefficient (Wildman–Crippen LogP) is 2.23. The van der Waals surface area contributed by atoms with Crippen LogP contribution in [-0.4, -0.2) is 24.1 Å². The van der Waals surface area contributed by atoms with Crippen LogP contribution in [0, 0.1) is 17.0 Å². The van der Waals surface area contributed by atoms with Gasteiger partial charge in [-0.25, -0.2) is 0 Å². The molecular weight excluding hydrogens is 238 g/mol. The Hall–Kier alpha value is -2.11. The number of aryl methyl sites for hydroxylation is 1. The maximum atomic E-state index is 11.1. The molecule has 0 amide bonds. The Morgan fingerprint density at radius 3 is 2.72 bits per heavy atom. The van der Waals surface area contributed by atoms with Gasteiger partial charge in [0.05, 0.1) is 18.5 Å². The van der Waals surface area contributed by atoms with Gasteiger partial charge in [0.1, 0.15) is 6.10 Å². The van der Waals surface area contributed by atoms with E-state index in [0.717, 1.165) is 0 Å². The average molecular weight is 253 g/mol. The van der Waals surface area contributed by atoms with Crippen LogP contribution in [0.1, 0.15) is 18.9 Å². The zero-order valence-electron chi connectivity index (χ0n) is 10.5. The second kappa shape index (κ2) is 6.00. The van der Waals surface area contributed by atoms with Gasteiger partial charge >= 0.3 is 11.7 Å². The van der Waals surface area contributed by atoms with Gasteiger partial charge in [-0.2, -0.15) is 0 Å². The van der Waals surface area contributed by atoms with E-state index < -0.39 is 17.0 Å². The van der Waals surface area contributed by atoms with Gasteiger partial charge in [-0.15, -0.1) is 0 Å². The minimum Gasteiger partial charge on any atom is -0.483 e. The Labute approximate surface area is 105 Å². The van der Waals surface area contributed by atoms with Crippen molar-refractivity contribution in [1.82, 2.24) is 0 Å². The molecule has 0 saturated heterocycles. The van der Waals surface area contributed by atoms with Gasteiger partial charge in [-0.1, -0.05) is 12.1 Å². The zero-order valence-corrected chi connectivity index (χ0v) is 10.5. The number of benzene rings is 1. The number of nitrogens with zero attached hydrogens (tertiary/aromatic N) is 1. The minimum absolute atomic E-state index is 0.0433. The lowest BCUT2D eigenvalue weighted by Gasteiger charge is -2.14. The summed E-state index contributed by atoms with van der Waals surface area (Å²) in [6, 6.07) is 4.82. The van der Waals surface area contributed by atoms with Crippen LogP contribution in [0.25, 0.3) is 0 Å². The third-order valence-electron chi connectivity index (χ3n) is 2.39. The fourth-order valence-electron chi connectivity index (χ4n) is 1.54. The molecule has 1 rings (SSSR count). The maximum Gasteiger partial charge on any atom is 0.313 e. The molecular formula is C12H15NO5. The lowest BCUT2D eigenvalue weighted by molar-refractivity contribution is -0.386. The molecule has 0 fully saturated rings. The van der Waals surface area contributed by atoms with Gasteiger partial charge in [0, 0.05) is 5.56 Å². The molecule has 0 aliphatic heterocycles. The highest BCUT2D eigenvalue weighted by Gasteiger charge is 2.21. The molecule has 0 saturated carbocycles. The summed E-state index contributed by atoms with van der Waals surface area (Å²) in [6.45, 7) is 3.29. The van der Waals surface area contributed by atoms with Crippen LogP contribution in [-0.2, 0) is 9.53 Å². The second-order valence-electron chi connectivity index (χ2n) is 3.89. The first kappa shape index (κ1) is 14.0. The number of nitro groups is 1. The van der Waals surface area contributed by atoms with Crippen LogP contribution in [0.3, 0.4) is 0 Å². The first-order valence-corrected chi connectivity index (χ1v) is 5.43. The third-order valence-corrected chi connectivity index (χ3v) is 2.39. The van der Waals surface area contributed by atoms with E-state index >= 15 is 0 Å². The predicted molar refractivity (Wildman–Crippen MR) is 64.6 cm³/mol. The smallest absolute Gasteiger partial charge is 0.313 e. The van der Waals surface area contributed by atoms with Crippen molar-refractivity contribution >= 4 is 11.7 Å². The highest BCUT2D eigenvalue weighted by atomic mass is 16.6. The summed E-state index contributed by atoms with van der Waals surface area (Å²) in [5.41, 5.74) is 0.442. The fourth-order valence-corrected chi connectivity index (χ4v) is 1.54. The molecule has 1 atom stereocenters. The summed E-state index contributed by atoms with van der Waals surface area (Å²) in [4.78, 5) is 21.5. The summed E-state index contributed by atoms with van der Waals surface area (Å²) < 4.78 is 9.92. The molecule has 1 aromatic rings. The Kier molecular flexibility index (Phi) is 4.65. The SMILES string of the molecule is COC(=O)CC(C)Oc1cccc(C)c1[N+](=O)[O-]. The number of carbonyl (C=O) groups is 1. The largest absolute Gasteiger partial charge is 0.483 e. The van der Waals surface area contributed by atoms with Crippen molar-refractivity contribution < 1.29 is 19.2 Å². The first-order chi connectivity index (χ1) is 8.45. The molecule has 0 N–H and O–H groups in total. The number of hydrogen-bond acceptors (Lipinski definition) is 5. The lowest BCUT2D eigenvalue weighted by Crippen LogP contribution is -2.18. The summed E-state index contributed by atoms with van der Waals surface area (Å²) >= 11 is 0. The number of para-hydroxylation sites is 1. The van der Waals surface area contributed by atoms with Crippen molar-refractivity contribution in [1.29, 1.82) is 0 Å². The van der Waals surface area contributed by atoms with E-state index in [1.807, 2.05) is 0 Å². The molecule has 0 aliphatic rings. The van der Waals surface area contributed by atoms with E-state index in [1.165, 1.54) is 13.2 Å². The second-order valence-corrected chi connectivity index (χ2v) is 3.89. The summed E-state index contributed by atoms with van der Waals surface area (Å²) in [7, 11) is 1.28. The number of esters is 1. The van der Waals surface area contributed by atoms with Crippen LogP contribution >= 0.6 is 0 Å². The molecule has 0 bridgehead atoms. The number of carbonyl (C=O) groups excluding carboxylic acids is 1. The summed E-state index contributed by atoms with van der Waals surface area (Å²) in [5.74, 6) is -0.255. The van der Waals surface area contributed by atoms with E-state index in [9.17, 15) is 14.9 Å². The summed E-state index contributed by atoms with van der Waals surface area (Å²) in [5, 5.41) is 10.9. The van der Waals surface area contributed by atoms with Crippen molar-refractivity contribution in [2.75, 3.05) is 7.11 Å². The van der Waals surface area contributed by atoms with E-state index in [1.54, 1.807) is 26.0 Å². The molecule has 0 radical (unpaired) electrons. The normalized spacial score (nSPS) is 11.7. The number of rotatable bonds is 5. The van der Waals surface area contributed by atoms with Crippen molar-refractivity contribution in [3.63, 3.8) is 0 Å². The molecule has 0 spiro atoms. The molecule has 98 valence electrons. The van der Waals surface area contributed by atoms with E-state index in [4.69, 9.17) is 4.74 Å². The third kappa shape index (κ3) is 3.44. The summed E-state index contributed by atoms with van der Waals surface area (Å²) in [6.07, 6.45) is -0.445. The van der Waals surface area contributed by atoms with Crippen molar-refractivity contribution in [2.24, 2.45) is 0 Å². The highest BCUT2D eigenvalue weighted by molar-refractivity contribution is 5.69. The quantitative estimate of drug-likeness (QED) is 0.456. The van der Waals surface area contributed by atoms with E-state index in [0.29, 0.717) is 5.56 Å². The molecule has 18 heavy (non-hydrogen) atoms. The number of hydrogen-bond donors (Lipinski definition) is 0. The van der Waals surface area contributed by atoms with Crippen molar-refractivity contribution in [3.05, 3.63) is 33.9 Å². The van der Waals surface area contributed by atoms with Crippen LogP contribution < -0.4 is 4.74 Å². The van der Waals surface area contributed by atoms with Crippen molar-refractivity contribution in [3.8, 4) is 5.75 Å².